The highest BCUT2D eigenvalue weighted by Crippen LogP contribution is 2.23. The van der Waals surface area contributed by atoms with E-state index in [9.17, 15) is 9.59 Å². The number of amides is 2. The van der Waals surface area contributed by atoms with Crippen LogP contribution in [0.2, 0.25) is 10.0 Å². The number of benzene rings is 1. The average Bonchev–Trinajstić information content (AvgIpc) is 2.92. The summed E-state index contributed by atoms with van der Waals surface area (Å²) < 4.78 is 0. The molecule has 1 saturated heterocycles. The summed E-state index contributed by atoms with van der Waals surface area (Å²) in [4.78, 5) is 25.6. The van der Waals surface area contributed by atoms with Crippen LogP contribution >= 0.6 is 23.2 Å². The molecule has 1 aromatic carbocycles. The maximum absolute atomic E-state index is 12.2. The zero-order chi connectivity index (χ0) is 15.4. The molecule has 114 valence electrons. The minimum Gasteiger partial charge on any atom is -0.376 e. The fraction of sp³-hybridized carbons (Fsp3) is 0.429. The lowest BCUT2D eigenvalue weighted by molar-refractivity contribution is -0.136. The zero-order valence-corrected chi connectivity index (χ0v) is 13.2. The highest BCUT2D eigenvalue weighted by Gasteiger charge is 2.33. The number of likely N-dealkylation sites (tertiary alicyclic amines) is 1. The second-order valence-electron chi connectivity index (χ2n) is 4.87. The average molecular weight is 330 g/mol. The maximum Gasteiger partial charge on any atom is 0.242 e. The van der Waals surface area contributed by atoms with Crippen LogP contribution in [-0.2, 0) is 9.59 Å². The largest absolute Gasteiger partial charge is 0.376 e. The van der Waals surface area contributed by atoms with Gasteiger partial charge in [0.05, 0.1) is 6.54 Å². The molecule has 1 aromatic rings. The van der Waals surface area contributed by atoms with Gasteiger partial charge in [0.1, 0.15) is 6.04 Å². The molecule has 0 spiro atoms. The second-order valence-corrected chi connectivity index (χ2v) is 5.74. The molecule has 0 radical (unpaired) electrons. The smallest absolute Gasteiger partial charge is 0.242 e. The van der Waals surface area contributed by atoms with Crippen molar-refractivity contribution in [1.82, 2.24) is 10.2 Å². The molecule has 1 unspecified atom stereocenters. The highest BCUT2D eigenvalue weighted by atomic mass is 35.5. The minimum atomic E-state index is -0.368. The van der Waals surface area contributed by atoms with Gasteiger partial charge in [-0.15, -0.1) is 0 Å². The highest BCUT2D eigenvalue weighted by molar-refractivity contribution is 6.35. The van der Waals surface area contributed by atoms with Crippen LogP contribution in [0.1, 0.15) is 12.8 Å². The van der Waals surface area contributed by atoms with E-state index >= 15 is 0 Å². The fourth-order valence-corrected chi connectivity index (χ4v) is 2.97. The molecule has 0 saturated carbocycles. The number of hydrogen-bond acceptors (Lipinski definition) is 3. The Morgan fingerprint density at radius 2 is 1.95 bits per heavy atom. The first-order valence-electron chi connectivity index (χ1n) is 6.72. The Hall–Kier alpha value is -1.46. The third-order valence-electron chi connectivity index (χ3n) is 3.43. The van der Waals surface area contributed by atoms with E-state index in [1.54, 1.807) is 30.1 Å². The van der Waals surface area contributed by atoms with E-state index in [-0.39, 0.29) is 24.4 Å². The van der Waals surface area contributed by atoms with E-state index in [0.29, 0.717) is 28.7 Å². The summed E-state index contributed by atoms with van der Waals surface area (Å²) in [5, 5.41) is 6.58. The zero-order valence-electron chi connectivity index (χ0n) is 11.7. The van der Waals surface area contributed by atoms with Crippen LogP contribution < -0.4 is 10.6 Å². The summed E-state index contributed by atoms with van der Waals surface area (Å²) in [5.41, 5.74) is 0.677. The van der Waals surface area contributed by atoms with Gasteiger partial charge in [0.2, 0.25) is 11.8 Å². The number of hydrogen-bond donors (Lipinski definition) is 2. The van der Waals surface area contributed by atoms with Gasteiger partial charge in [-0.05, 0) is 31.0 Å². The van der Waals surface area contributed by atoms with Gasteiger partial charge in [0, 0.05) is 29.3 Å². The predicted molar refractivity (Wildman–Crippen MR) is 83.8 cm³/mol. The van der Waals surface area contributed by atoms with Gasteiger partial charge < -0.3 is 15.5 Å². The van der Waals surface area contributed by atoms with Crippen molar-refractivity contribution in [1.29, 1.82) is 0 Å². The molecule has 2 amide bonds. The Kier molecular flexibility index (Phi) is 5.31. The Morgan fingerprint density at radius 1 is 1.29 bits per heavy atom. The van der Waals surface area contributed by atoms with E-state index in [1.807, 2.05) is 0 Å². The summed E-state index contributed by atoms with van der Waals surface area (Å²) in [7, 11) is 1.58. The lowest BCUT2D eigenvalue weighted by Crippen LogP contribution is -2.46. The minimum absolute atomic E-state index is 0.101. The summed E-state index contributed by atoms with van der Waals surface area (Å²) in [6.45, 7) is 0.707. The van der Waals surface area contributed by atoms with Crippen LogP contribution in [0.25, 0.3) is 0 Å². The van der Waals surface area contributed by atoms with Gasteiger partial charge in [0.25, 0.3) is 0 Å². The van der Waals surface area contributed by atoms with Gasteiger partial charge in [-0.3, -0.25) is 9.59 Å². The number of likely N-dealkylation sites (N-methyl/N-ethyl adjacent to an activating group) is 1. The molecule has 0 bridgehead atoms. The number of carbonyl (C=O) groups excluding carboxylic acids is 2. The van der Waals surface area contributed by atoms with Crippen LogP contribution in [0.5, 0.6) is 0 Å². The van der Waals surface area contributed by atoms with Crippen LogP contribution in [0.15, 0.2) is 18.2 Å². The Labute approximate surface area is 133 Å². The van der Waals surface area contributed by atoms with Gasteiger partial charge in [0.15, 0.2) is 0 Å². The van der Waals surface area contributed by atoms with Crippen LogP contribution in [0, 0.1) is 0 Å². The molecule has 0 aromatic heterocycles. The van der Waals surface area contributed by atoms with E-state index in [4.69, 9.17) is 23.2 Å². The molecular formula is C14H17Cl2N3O2. The third-order valence-corrected chi connectivity index (χ3v) is 3.86. The first-order valence-corrected chi connectivity index (χ1v) is 7.48. The Morgan fingerprint density at radius 3 is 2.57 bits per heavy atom. The van der Waals surface area contributed by atoms with Crippen molar-refractivity contribution in [2.24, 2.45) is 0 Å². The lowest BCUT2D eigenvalue weighted by atomic mass is 10.2. The summed E-state index contributed by atoms with van der Waals surface area (Å²) in [5.74, 6) is -0.233. The summed E-state index contributed by atoms with van der Waals surface area (Å²) in [6.07, 6.45) is 1.54. The van der Waals surface area contributed by atoms with Gasteiger partial charge >= 0.3 is 0 Å². The van der Waals surface area contributed by atoms with E-state index in [1.165, 1.54) is 0 Å². The first kappa shape index (κ1) is 15.9. The van der Waals surface area contributed by atoms with Crippen molar-refractivity contribution >= 4 is 40.7 Å². The normalized spacial score (nSPS) is 17.7. The van der Waals surface area contributed by atoms with Crippen molar-refractivity contribution in [2.45, 2.75) is 18.9 Å². The fourth-order valence-electron chi connectivity index (χ4n) is 2.44. The number of rotatable bonds is 4. The molecule has 1 aliphatic heterocycles. The molecule has 2 rings (SSSR count). The van der Waals surface area contributed by atoms with Crippen LogP contribution in [0.4, 0.5) is 5.69 Å². The quantitative estimate of drug-likeness (QED) is 0.889. The second kappa shape index (κ2) is 7.00. The van der Waals surface area contributed by atoms with Crippen LogP contribution in [0.3, 0.4) is 0 Å². The van der Waals surface area contributed by atoms with Crippen molar-refractivity contribution in [3.8, 4) is 0 Å². The van der Waals surface area contributed by atoms with Crippen molar-refractivity contribution < 1.29 is 9.59 Å². The number of carbonyl (C=O) groups is 2. The molecule has 1 fully saturated rings. The number of anilines is 1. The molecule has 1 heterocycles. The van der Waals surface area contributed by atoms with E-state index < -0.39 is 0 Å². The number of nitrogens with one attached hydrogen (secondary N) is 2. The van der Waals surface area contributed by atoms with E-state index in [2.05, 4.69) is 10.6 Å². The topological polar surface area (TPSA) is 61.4 Å². The van der Waals surface area contributed by atoms with Crippen molar-refractivity contribution in [2.75, 3.05) is 25.5 Å². The first-order chi connectivity index (χ1) is 10.0. The van der Waals surface area contributed by atoms with Crippen molar-refractivity contribution in [3.05, 3.63) is 28.2 Å². The third kappa shape index (κ3) is 4.02. The Bertz CT molecular complexity index is 531. The molecule has 7 heteroatoms. The van der Waals surface area contributed by atoms with Crippen LogP contribution in [-0.4, -0.2) is 42.9 Å². The molecular weight excluding hydrogens is 313 g/mol. The summed E-state index contributed by atoms with van der Waals surface area (Å²) in [6, 6.07) is 4.65. The van der Waals surface area contributed by atoms with Gasteiger partial charge in [-0.25, -0.2) is 0 Å². The Balaban J connectivity index is 1.96. The number of halogens is 2. The molecule has 0 aliphatic carbocycles. The van der Waals surface area contributed by atoms with Gasteiger partial charge in [-0.1, -0.05) is 23.2 Å². The number of nitrogens with zero attached hydrogens (tertiary/aromatic N) is 1. The van der Waals surface area contributed by atoms with Crippen molar-refractivity contribution in [3.63, 3.8) is 0 Å². The SMILES string of the molecule is CNC(=O)C1CCCN1C(=O)CNc1cc(Cl)cc(Cl)c1. The monoisotopic (exact) mass is 329 g/mol. The lowest BCUT2D eigenvalue weighted by Gasteiger charge is -2.23. The molecule has 2 N–H and O–H groups in total. The predicted octanol–water partition coefficient (Wildman–Crippen LogP) is 2.14. The van der Waals surface area contributed by atoms with E-state index in [0.717, 1.165) is 6.42 Å². The summed E-state index contributed by atoms with van der Waals surface area (Å²) >= 11 is 11.8. The van der Waals surface area contributed by atoms with Gasteiger partial charge in [-0.2, -0.15) is 0 Å². The molecule has 1 atom stereocenters. The molecule has 1 aliphatic rings. The maximum atomic E-state index is 12.2. The molecule has 21 heavy (non-hydrogen) atoms. The standard InChI is InChI=1S/C14H17Cl2N3O2/c1-17-14(21)12-3-2-4-19(12)13(20)8-18-11-6-9(15)5-10(16)7-11/h5-7,12,18H,2-4,8H2,1H3,(H,17,21). The molecule has 5 nitrogen and oxygen atoms in total.